The fourth-order valence-electron chi connectivity index (χ4n) is 2.57. The number of hydrogen-bond acceptors (Lipinski definition) is 4. The van der Waals surface area contributed by atoms with Crippen LogP contribution in [0.2, 0.25) is 0 Å². The Morgan fingerprint density at radius 3 is 2.78 bits per heavy atom. The van der Waals surface area contributed by atoms with Gasteiger partial charge in [-0.25, -0.2) is 9.37 Å². The maximum absolute atomic E-state index is 13.6. The molecule has 0 bridgehead atoms. The van der Waals surface area contributed by atoms with Crippen LogP contribution in [-0.2, 0) is 6.54 Å². The Bertz CT molecular complexity index is 769. The number of halogens is 1. The molecule has 1 aromatic heterocycles. The standard InChI is InChI=1S/C16H17FN4O2/c17-13-6-2-1-5-12(13)15(23)18-10-11-9-14(22)20-16(19-11)21-7-3-4-8-21/h1-2,5-6,9H,3-4,7-8,10H2,(H,18,23)(H,19,20,22). The SMILES string of the molecule is O=C(NCc1cc(=O)[nH]c(N2CCCC2)n1)c1ccccc1F. The van der Waals surface area contributed by atoms with Crippen LogP contribution in [0.1, 0.15) is 28.9 Å². The van der Waals surface area contributed by atoms with E-state index in [1.807, 2.05) is 4.90 Å². The number of amides is 1. The van der Waals surface area contributed by atoms with Gasteiger partial charge in [0, 0.05) is 19.2 Å². The summed E-state index contributed by atoms with van der Waals surface area (Å²) in [5.41, 5.74) is 0.148. The first-order chi connectivity index (χ1) is 11.1. The fraction of sp³-hybridized carbons (Fsp3) is 0.312. The summed E-state index contributed by atoms with van der Waals surface area (Å²) in [5, 5.41) is 2.59. The van der Waals surface area contributed by atoms with Gasteiger partial charge in [0.15, 0.2) is 0 Å². The molecule has 2 heterocycles. The summed E-state index contributed by atoms with van der Waals surface area (Å²) >= 11 is 0. The molecule has 0 spiro atoms. The second-order valence-corrected chi connectivity index (χ2v) is 5.42. The van der Waals surface area contributed by atoms with Gasteiger partial charge in [-0.2, -0.15) is 0 Å². The molecule has 0 radical (unpaired) electrons. The first kappa shape index (κ1) is 15.2. The molecule has 7 heteroatoms. The number of hydrogen-bond donors (Lipinski definition) is 2. The van der Waals surface area contributed by atoms with Crippen molar-refractivity contribution >= 4 is 11.9 Å². The quantitative estimate of drug-likeness (QED) is 0.895. The van der Waals surface area contributed by atoms with Crippen molar-refractivity contribution in [3.8, 4) is 0 Å². The third-order valence-corrected chi connectivity index (χ3v) is 3.74. The average Bonchev–Trinajstić information content (AvgIpc) is 3.07. The van der Waals surface area contributed by atoms with Crippen LogP contribution in [0.4, 0.5) is 10.3 Å². The number of nitrogens with zero attached hydrogens (tertiary/aromatic N) is 2. The minimum Gasteiger partial charge on any atom is -0.346 e. The van der Waals surface area contributed by atoms with Crippen LogP contribution >= 0.6 is 0 Å². The molecule has 1 fully saturated rings. The van der Waals surface area contributed by atoms with Gasteiger partial charge in [-0.3, -0.25) is 14.6 Å². The number of benzene rings is 1. The number of anilines is 1. The molecule has 6 nitrogen and oxygen atoms in total. The first-order valence-corrected chi connectivity index (χ1v) is 7.51. The van der Waals surface area contributed by atoms with Crippen molar-refractivity contribution in [2.75, 3.05) is 18.0 Å². The lowest BCUT2D eigenvalue weighted by molar-refractivity contribution is 0.0946. The highest BCUT2D eigenvalue weighted by atomic mass is 19.1. The van der Waals surface area contributed by atoms with Crippen LogP contribution in [0.15, 0.2) is 35.1 Å². The molecule has 3 rings (SSSR count). The minimum atomic E-state index is -0.582. The van der Waals surface area contributed by atoms with Crippen molar-refractivity contribution in [2.45, 2.75) is 19.4 Å². The van der Waals surface area contributed by atoms with E-state index in [0.29, 0.717) is 11.6 Å². The molecule has 1 amide bonds. The summed E-state index contributed by atoms with van der Waals surface area (Å²) in [4.78, 5) is 32.8. The zero-order chi connectivity index (χ0) is 16.2. The maximum Gasteiger partial charge on any atom is 0.254 e. The summed E-state index contributed by atoms with van der Waals surface area (Å²) in [6.07, 6.45) is 2.13. The van der Waals surface area contributed by atoms with Crippen LogP contribution in [0.3, 0.4) is 0 Å². The van der Waals surface area contributed by atoms with Gasteiger partial charge in [-0.15, -0.1) is 0 Å². The fourth-order valence-corrected chi connectivity index (χ4v) is 2.57. The predicted molar refractivity (Wildman–Crippen MR) is 83.9 cm³/mol. The van der Waals surface area contributed by atoms with Crippen LogP contribution in [0.25, 0.3) is 0 Å². The number of carbonyl (C=O) groups excluding carboxylic acids is 1. The zero-order valence-electron chi connectivity index (χ0n) is 12.5. The van der Waals surface area contributed by atoms with E-state index < -0.39 is 11.7 Å². The summed E-state index contributed by atoms with van der Waals surface area (Å²) in [7, 11) is 0. The topological polar surface area (TPSA) is 78.1 Å². The van der Waals surface area contributed by atoms with Crippen molar-refractivity contribution in [3.05, 3.63) is 57.8 Å². The largest absolute Gasteiger partial charge is 0.346 e. The first-order valence-electron chi connectivity index (χ1n) is 7.51. The molecule has 2 N–H and O–H groups in total. The average molecular weight is 316 g/mol. The van der Waals surface area contributed by atoms with Gasteiger partial charge < -0.3 is 10.2 Å². The molecule has 1 aromatic carbocycles. The van der Waals surface area contributed by atoms with Crippen molar-refractivity contribution in [3.63, 3.8) is 0 Å². The van der Waals surface area contributed by atoms with Crippen molar-refractivity contribution < 1.29 is 9.18 Å². The third-order valence-electron chi connectivity index (χ3n) is 3.74. The normalized spacial score (nSPS) is 14.0. The van der Waals surface area contributed by atoms with E-state index in [9.17, 15) is 14.0 Å². The molecule has 1 aliphatic rings. The Morgan fingerprint density at radius 2 is 2.04 bits per heavy atom. The van der Waals surface area contributed by atoms with Gasteiger partial charge in [0.2, 0.25) is 5.95 Å². The van der Waals surface area contributed by atoms with E-state index in [1.165, 1.54) is 24.3 Å². The summed E-state index contributed by atoms with van der Waals surface area (Å²) < 4.78 is 13.6. The number of rotatable bonds is 4. The summed E-state index contributed by atoms with van der Waals surface area (Å²) in [6.45, 7) is 1.78. The number of H-pyrrole nitrogens is 1. The van der Waals surface area contributed by atoms with Gasteiger partial charge in [0.05, 0.1) is 17.8 Å². The Morgan fingerprint density at radius 1 is 1.30 bits per heavy atom. The molecular weight excluding hydrogens is 299 g/mol. The number of nitrogens with one attached hydrogen (secondary N) is 2. The molecule has 2 aromatic rings. The molecule has 0 unspecified atom stereocenters. The minimum absolute atomic E-state index is 0.0305. The lowest BCUT2D eigenvalue weighted by Gasteiger charge is -2.16. The molecule has 1 aliphatic heterocycles. The number of carbonyl (C=O) groups is 1. The van der Waals surface area contributed by atoms with E-state index in [4.69, 9.17) is 0 Å². The Balaban J connectivity index is 1.72. The highest BCUT2D eigenvalue weighted by Crippen LogP contribution is 2.14. The highest BCUT2D eigenvalue weighted by Gasteiger charge is 2.16. The smallest absolute Gasteiger partial charge is 0.254 e. The lowest BCUT2D eigenvalue weighted by Crippen LogP contribution is -2.28. The van der Waals surface area contributed by atoms with Gasteiger partial charge in [-0.1, -0.05) is 12.1 Å². The summed E-state index contributed by atoms with van der Waals surface area (Å²) in [6, 6.07) is 7.08. The van der Waals surface area contributed by atoms with Gasteiger partial charge in [0.1, 0.15) is 5.82 Å². The van der Waals surface area contributed by atoms with Gasteiger partial charge in [-0.05, 0) is 25.0 Å². The molecule has 0 saturated carbocycles. The Labute approximate surface area is 132 Å². The zero-order valence-corrected chi connectivity index (χ0v) is 12.5. The second kappa shape index (κ2) is 6.60. The molecule has 0 aliphatic carbocycles. The van der Waals surface area contributed by atoms with Crippen molar-refractivity contribution in [1.29, 1.82) is 0 Å². The Kier molecular flexibility index (Phi) is 4.36. The summed E-state index contributed by atoms with van der Waals surface area (Å²) in [5.74, 6) is -0.598. The van der Waals surface area contributed by atoms with Crippen molar-refractivity contribution in [2.24, 2.45) is 0 Å². The highest BCUT2D eigenvalue weighted by molar-refractivity contribution is 5.94. The predicted octanol–water partition coefficient (Wildman–Crippen LogP) is 1.44. The number of aromatic amines is 1. The molecule has 0 atom stereocenters. The van der Waals surface area contributed by atoms with Crippen LogP contribution in [0.5, 0.6) is 0 Å². The van der Waals surface area contributed by atoms with E-state index >= 15 is 0 Å². The van der Waals surface area contributed by atoms with Gasteiger partial charge in [0.25, 0.3) is 11.5 Å². The van der Waals surface area contributed by atoms with E-state index in [2.05, 4.69) is 15.3 Å². The second-order valence-electron chi connectivity index (χ2n) is 5.42. The van der Waals surface area contributed by atoms with Crippen LogP contribution in [-0.4, -0.2) is 29.0 Å². The molecular formula is C16H17FN4O2. The number of aromatic nitrogens is 2. The van der Waals surface area contributed by atoms with Crippen LogP contribution < -0.4 is 15.8 Å². The van der Waals surface area contributed by atoms with Crippen molar-refractivity contribution in [1.82, 2.24) is 15.3 Å². The van der Waals surface area contributed by atoms with E-state index in [1.54, 1.807) is 6.07 Å². The Hall–Kier alpha value is -2.70. The monoisotopic (exact) mass is 316 g/mol. The van der Waals surface area contributed by atoms with Crippen LogP contribution in [0, 0.1) is 5.82 Å². The maximum atomic E-state index is 13.6. The molecule has 120 valence electrons. The van der Waals surface area contributed by atoms with E-state index in [-0.39, 0.29) is 17.7 Å². The van der Waals surface area contributed by atoms with Gasteiger partial charge >= 0.3 is 0 Å². The van der Waals surface area contributed by atoms with E-state index in [0.717, 1.165) is 25.9 Å². The molecule has 23 heavy (non-hydrogen) atoms. The third kappa shape index (κ3) is 3.56. The molecule has 1 saturated heterocycles. The lowest BCUT2D eigenvalue weighted by atomic mass is 10.2.